The van der Waals surface area contributed by atoms with Gasteiger partial charge in [-0.05, 0) is 107 Å². The van der Waals surface area contributed by atoms with Gasteiger partial charge in [-0.2, -0.15) is 0 Å². The third-order valence-corrected chi connectivity index (χ3v) is 12.4. The fourth-order valence-electron chi connectivity index (χ4n) is 9.80. The fourth-order valence-corrected chi connectivity index (χ4v) is 9.80. The summed E-state index contributed by atoms with van der Waals surface area (Å²) in [6.07, 6.45) is 0. The molecule has 274 valence electrons. The maximum Gasteiger partial charge on any atom is 0.0540 e. The molecule has 0 saturated heterocycles. The van der Waals surface area contributed by atoms with Crippen LogP contribution in [0.3, 0.4) is 0 Å². The Morgan fingerprint density at radius 2 is 0.862 bits per heavy atom. The Balaban J connectivity index is 1.14. The molecule has 0 spiro atoms. The van der Waals surface area contributed by atoms with Gasteiger partial charge in [-0.15, -0.1) is 0 Å². The largest absolute Gasteiger partial charge is 0.310 e. The molecule has 0 bridgehead atoms. The summed E-state index contributed by atoms with van der Waals surface area (Å²) in [6, 6.07) is 78.1. The molecule has 0 heterocycles. The third kappa shape index (κ3) is 5.31. The van der Waals surface area contributed by atoms with E-state index in [1.54, 1.807) is 0 Å². The minimum absolute atomic E-state index is 0.236. The minimum atomic E-state index is -0.236. The van der Waals surface area contributed by atoms with Crippen molar-refractivity contribution in [3.8, 4) is 44.5 Å². The average molecular weight is 740 g/mol. The maximum atomic E-state index is 2.52. The van der Waals surface area contributed by atoms with Crippen LogP contribution < -0.4 is 4.90 Å². The van der Waals surface area contributed by atoms with Gasteiger partial charge in [0.25, 0.3) is 0 Å². The van der Waals surface area contributed by atoms with Crippen molar-refractivity contribution in [2.75, 3.05) is 4.90 Å². The normalized spacial score (nSPS) is 12.8. The highest BCUT2D eigenvalue weighted by Gasteiger charge is 2.40. The lowest BCUT2D eigenvalue weighted by Gasteiger charge is -2.33. The molecule has 0 unspecified atom stereocenters. The van der Waals surface area contributed by atoms with Crippen LogP contribution in [0.2, 0.25) is 0 Å². The number of benzene rings is 10. The Hall–Kier alpha value is -7.22. The molecule has 10 aromatic rings. The first-order valence-corrected chi connectivity index (χ1v) is 20.3. The van der Waals surface area contributed by atoms with Gasteiger partial charge in [0, 0.05) is 16.5 Å². The SMILES string of the molecule is CC1(C)c2ccc3ccccc3c2-c2cccc(N(c3ccc(-c4cccc5cccc(-c6ccccc6)c45)cc3)c3cccc4c(-c5ccccc5)cccc34)c21. The summed E-state index contributed by atoms with van der Waals surface area (Å²) in [4.78, 5) is 2.52. The first kappa shape index (κ1) is 34.1. The smallest absolute Gasteiger partial charge is 0.0540 e. The van der Waals surface area contributed by atoms with Crippen LogP contribution in [0, 0.1) is 0 Å². The summed E-state index contributed by atoms with van der Waals surface area (Å²) in [5.41, 5.74) is 16.0. The summed E-state index contributed by atoms with van der Waals surface area (Å²) in [5, 5.41) is 7.54. The molecule has 0 radical (unpaired) electrons. The van der Waals surface area contributed by atoms with Crippen molar-refractivity contribution in [2.45, 2.75) is 19.3 Å². The molecule has 1 aliphatic carbocycles. The van der Waals surface area contributed by atoms with Crippen LogP contribution in [-0.4, -0.2) is 0 Å². The second kappa shape index (κ2) is 13.5. The molecule has 0 N–H and O–H groups in total. The summed E-state index contributed by atoms with van der Waals surface area (Å²) >= 11 is 0. The van der Waals surface area contributed by atoms with E-state index in [0.29, 0.717) is 0 Å². The highest BCUT2D eigenvalue weighted by molar-refractivity contribution is 6.09. The molecular formula is C57H41N. The first-order valence-electron chi connectivity index (χ1n) is 20.3. The van der Waals surface area contributed by atoms with Gasteiger partial charge in [-0.25, -0.2) is 0 Å². The first-order chi connectivity index (χ1) is 28.6. The van der Waals surface area contributed by atoms with Crippen LogP contribution in [0.5, 0.6) is 0 Å². The van der Waals surface area contributed by atoms with Crippen molar-refractivity contribution >= 4 is 49.4 Å². The van der Waals surface area contributed by atoms with Crippen LogP contribution in [0.25, 0.3) is 76.8 Å². The summed E-state index contributed by atoms with van der Waals surface area (Å²) in [5.74, 6) is 0. The van der Waals surface area contributed by atoms with Gasteiger partial charge in [0.05, 0.1) is 11.4 Å². The quantitative estimate of drug-likeness (QED) is 0.164. The number of hydrogen-bond acceptors (Lipinski definition) is 1. The molecule has 1 heteroatoms. The number of nitrogens with zero attached hydrogens (tertiary/aromatic N) is 1. The van der Waals surface area contributed by atoms with Gasteiger partial charge < -0.3 is 4.90 Å². The maximum absolute atomic E-state index is 2.52. The molecule has 0 aromatic heterocycles. The number of anilines is 3. The van der Waals surface area contributed by atoms with Crippen molar-refractivity contribution in [3.63, 3.8) is 0 Å². The standard InChI is InChI=1S/C57H41N/c1-57(2)51-37-34-40-20-9-10-23-47(40)55(51)50-29-15-31-53(56(50)57)58(52-30-14-27-48-44(24-13-28-49(48)52)38-16-5-3-6-17-38)43-35-32-41(33-36-43)46-26-12-22-42-21-11-25-45(54(42)46)39-18-7-4-8-19-39/h3-37H,1-2H3. The van der Waals surface area contributed by atoms with Crippen LogP contribution in [0.15, 0.2) is 212 Å². The zero-order valence-electron chi connectivity index (χ0n) is 32.7. The summed E-state index contributed by atoms with van der Waals surface area (Å²) < 4.78 is 0. The second-order valence-corrected chi connectivity index (χ2v) is 16.0. The molecule has 0 amide bonds. The molecule has 1 aliphatic rings. The topological polar surface area (TPSA) is 3.24 Å². The van der Waals surface area contributed by atoms with Gasteiger partial charge in [0.15, 0.2) is 0 Å². The van der Waals surface area contributed by atoms with E-state index in [-0.39, 0.29) is 5.41 Å². The van der Waals surface area contributed by atoms with E-state index < -0.39 is 0 Å². The minimum Gasteiger partial charge on any atom is -0.310 e. The van der Waals surface area contributed by atoms with Gasteiger partial charge in [0.1, 0.15) is 0 Å². The molecule has 0 saturated carbocycles. The molecule has 1 nitrogen and oxygen atoms in total. The second-order valence-electron chi connectivity index (χ2n) is 16.0. The van der Waals surface area contributed by atoms with Gasteiger partial charge in [0.2, 0.25) is 0 Å². The summed E-state index contributed by atoms with van der Waals surface area (Å²) in [7, 11) is 0. The van der Waals surface area contributed by atoms with Gasteiger partial charge >= 0.3 is 0 Å². The lowest BCUT2D eigenvalue weighted by Crippen LogP contribution is -2.20. The lowest BCUT2D eigenvalue weighted by molar-refractivity contribution is 0.661. The number of rotatable bonds is 6. The fraction of sp³-hybridized carbons (Fsp3) is 0.0526. The average Bonchev–Trinajstić information content (AvgIpc) is 3.53. The van der Waals surface area contributed by atoms with Crippen LogP contribution >= 0.6 is 0 Å². The van der Waals surface area contributed by atoms with Crippen LogP contribution in [-0.2, 0) is 5.41 Å². The van der Waals surface area contributed by atoms with Crippen LogP contribution in [0.4, 0.5) is 17.1 Å². The zero-order valence-corrected chi connectivity index (χ0v) is 32.7. The van der Waals surface area contributed by atoms with E-state index in [9.17, 15) is 0 Å². The van der Waals surface area contributed by atoms with Crippen molar-refractivity contribution in [1.29, 1.82) is 0 Å². The van der Waals surface area contributed by atoms with E-state index in [1.807, 2.05) is 0 Å². The van der Waals surface area contributed by atoms with Gasteiger partial charge in [-0.1, -0.05) is 202 Å². The number of hydrogen-bond donors (Lipinski definition) is 0. The predicted molar refractivity (Wildman–Crippen MR) is 248 cm³/mol. The molecule has 58 heavy (non-hydrogen) atoms. The van der Waals surface area contributed by atoms with E-state index in [0.717, 1.165) is 11.4 Å². The third-order valence-electron chi connectivity index (χ3n) is 12.4. The molecule has 10 aromatic carbocycles. The van der Waals surface area contributed by atoms with Crippen molar-refractivity contribution in [3.05, 3.63) is 223 Å². The Labute approximate surface area is 340 Å². The van der Waals surface area contributed by atoms with E-state index in [4.69, 9.17) is 0 Å². The molecule has 11 rings (SSSR count). The lowest BCUT2D eigenvalue weighted by atomic mass is 9.81. The molecule has 0 atom stereocenters. The molecular weight excluding hydrogens is 699 g/mol. The zero-order chi connectivity index (χ0) is 38.8. The van der Waals surface area contributed by atoms with Crippen molar-refractivity contribution in [2.24, 2.45) is 0 Å². The van der Waals surface area contributed by atoms with Crippen molar-refractivity contribution in [1.82, 2.24) is 0 Å². The Bertz CT molecular complexity index is 3170. The van der Waals surface area contributed by atoms with E-state index >= 15 is 0 Å². The van der Waals surface area contributed by atoms with Crippen molar-refractivity contribution < 1.29 is 0 Å². The highest BCUT2D eigenvalue weighted by atomic mass is 15.1. The number of fused-ring (bicyclic) bond motifs is 7. The Morgan fingerprint density at radius 3 is 1.60 bits per heavy atom. The molecule has 0 fully saturated rings. The summed E-state index contributed by atoms with van der Waals surface area (Å²) in [6.45, 7) is 4.80. The van der Waals surface area contributed by atoms with Gasteiger partial charge in [-0.3, -0.25) is 0 Å². The Morgan fingerprint density at radius 1 is 0.345 bits per heavy atom. The highest BCUT2D eigenvalue weighted by Crippen LogP contribution is 2.56. The van der Waals surface area contributed by atoms with Crippen LogP contribution in [0.1, 0.15) is 25.0 Å². The molecule has 0 aliphatic heterocycles. The van der Waals surface area contributed by atoms with E-state index in [2.05, 4.69) is 231 Å². The Kier molecular flexibility index (Phi) is 7.91. The monoisotopic (exact) mass is 739 g/mol. The predicted octanol–water partition coefficient (Wildman–Crippen LogP) is 15.9. The van der Waals surface area contributed by atoms with E-state index in [1.165, 1.54) is 93.6 Å².